The van der Waals surface area contributed by atoms with Crippen LogP contribution in [0.25, 0.3) is 0 Å². The Labute approximate surface area is 107 Å². The van der Waals surface area contributed by atoms with Gasteiger partial charge in [-0.2, -0.15) is 0 Å². The molecule has 2 aromatic carbocycles. The van der Waals surface area contributed by atoms with Gasteiger partial charge in [0.1, 0.15) is 0 Å². The molecule has 0 amide bonds. The van der Waals surface area contributed by atoms with E-state index in [0.29, 0.717) is 22.1 Å². The van der Waals surface area contributed by atoms with Gasteiger partial charge in [-0.25, -0.2) is 0 Å². The molecule has 0 fully saturated rings. The summed E-state index contributed by atoms with van der Waals surface area (Å²) in [5.74, 6) is 1.26. The Morgan fingerprint density at radius 3 is 1.56 bits per heavy atom. The molecule has 0 spiro atoms. The minimum Gasteiger partial charge on any atom is -0.492 e. The molecule has 2 aromatic rings. The molecule has 0 aliphatic rings. The van der Waals surface area contributed by atoms with Crippen molar-refractivity contribution in [3.8, 4) is 11.5 Å². The smallest absolute Gasteiger partial charge is 0.423 e. The van der Waals surface area contributed by atoms with Gasteiger partial charge in [0.15, 0.2) is 11.5 Å². The van der Waals surface area contributed by atoms with E-state index in [2.05, 4.69) is 0 Å². The van der Waals surface area contributed by atoms with Crippen LogP contribution in [-0.2, 0) is 4.57 Å². The van der Waals surface area contributed by atoms with Gasteiger partial charge < -0.3 is 9.47 Å². The highest BCUT2D eigenvalue weighted by molar-refractivity contribution is 7.62. The molecule has 18 heavy (non-hydrogen) atoms. The third-order valence-electron chi connectivity index (χ3n) is 2.61. The second kappa shape index (κ2) is 5.65. The predicted octanol–water partition coefficient (Wildman–Crippen LogP) is 2.48. The van der Waals surface area contributed by atoms with Crippen LogP contribution in [0.4, 0.5) is 0 Å². The van der Waals surface area contributed by atoms with Crippen LogP contribution in [0, 0.1) is 0 Å². The number of benzene rings is 2. The van der Waals surface area contributed by atoms with Crippen molar-refractivity contribution in [1.82, 2.24) is 0 Å². The maximum absolute atomic E-state index is 12.6. The van der Waals surface area contributed by atoms with E-state index in [-0.39, 0.29) is 0 Å². The molecular formula is C14H14O3P+. The van der Waals surface area contributed by atoms with Crippen LogP contribution in [0.2, 0.25) is 0 Å². The Balaban J connectivity index is 2.48. The molecule has 0 N–H and O–H groups in total. The number of ether oxygens (including phenoxy) is 2. The molecule has 0 aromatic heterocycles. The zero-order chi connectivity index (χ0) is 13.0. The Hall–Kier alpha value is -1.86. The summed E-state index contributed by atoms with van der Waals surface area (Å²) in [6, 6.07) is 14.6. The van der Waals surface area contributed by atoms with Crippen LogP contribution in [0.1, 0.15) is 0 Å². The third kappa shape index (κ3) is 2.36. The molecule has 0 heterocycles. The monoisotopic (exact) mass is 261 g/mol. The fourth-order valence-electron chi connectivity index (χ4n) is 1.72. The van der Waals surface area contributed by atoms with Crippen molar-refractivity contribution in [1.29, 1.82) is 0 Å². The number of methoxy groups -OCH3 is 2. The van der Waals surface area contributed by atoms with Crippen LogP contribution in [0.5, 0.6) is 11.5 Å². The molecule has 0 saturated carbocycles. The summed E-state index contributed by atoms with van der Waals surface area (Å²) >= 11 is 0. The van der Waals surface area contributed by atoms with Crippen LogP contribution < -0.4 is 20.1 Å². The lowest BCUT2D eigenvalue weighted by atomic mass is 10.3. The number of rotatable bonds is 4. The first-order valence-corrected chi connectivity index (χ1v) is 6.77. The van der Waals surface area contributed by atoms with Crippen LogP contribution in [0.3, 0.4) is 0 Å². The highest BCUT2D eigenvalue weighted by Crippen LogP contribution is 2.29. The Morgan fingerprint density at radius 1 is 0.778 bits per heavy atom. The number of para-hydroxylation sites is 2. The summed E-state index contributed by atoms with van der Waals surface area (Å²) in [5.41, 5.74) is 0. The average Bonchev–Trinajstić information content (AvgIpc) is 2.46. The van der Waals surface area contributed by atoms with E-state index < -0.39 is 7.80 Å². The largest absolute Gasteiger partial charge is 0.492 e. The molecule has 2 rings (SSSR count). The van der Waals surface area contributed by atoms with E-state index in [4.69, 9.17) is 9.47 Å². The van der Waals surface area contributed by atoms with Gasteiger partial charge in [-0.1, -0.05) is 28.8 Å². The van der Waals surface area contributed by atoms with Crippen molar-refractivity contribution < 1.29 is 14.0 Å². The Kier molecular flexibility index (Phi) is 3.96. The first-order valence-electron chi connectivity index (χ1n) is 5.51. The van der Waals surface area contributed by atoms with Crippen LogP contribution in [-0.4, -0.2) is 14.2 Å². The predicted molar refractivity (Wildman–Crippen MR) is 72.9 cm³/mol. The maximum Gasteiger partial charge on any atom is 0.423 e. The molecule has 4 heteroatoms. The molecule has 0 radical (unpaired) electrons. The lowest BCUT2D eigenvalue weighted by Gasteiger charge is -2.02. The first kappa shape index (κ1) is 12.6. The average molecular weight is 261 g/mol. The highest BCUT2D eigenvalue weighted by atomic mass is 31.1. The van der Waals surface area contributed by atoms with E-state index in [1.165, 1.54) is 0 Å². The van der Waals surface area contributed by atoms with Crippen molar-refractivity contribution >= 4 is 18.4 Å². The lowest BCUT2D eigenvalue weighted by molar-refractivity contribution is 0.417. The molecule has 3 nitrogen and oxygen atoms in total. The van der Waals surface area contributed by atoms with Crippen molar-refractivity contribution in [2.45, 2.75) is 0 Å². The quantitative estimate of drug-likeness (QED) is 0.793. The van der Waals surface area contributed by atoms with Crippen LogP contribution in [0.15, 0.2) is 48.5 Å². The van der Waals surface area contributed by atoms with Crippen molar-refractivity contribution in [3.05, 3.63) is 48.5 Å². The molecule has 0 saturated heterocycles. The first-order chi connectivity index (χ1) is 8.77. The molecule has 0 aliphatic carbocycles. The minimum atomic E-state index is -1.72. The van der Waals surface area contributed by atoms with Crippen molar-refractivity contribution in [2.75, 3.05) is 14.2 Å². The SMILES string of the molecule is COc1ccccc1[P+](=O)c1ccccc1OC. The fraction of sp³-hybridized carbons (Fsp3) is 0.143. The second-order valence-electron chi connectivity index (χ2n) is 3.64. The molecule has 0 bridgehead atoms. The zero-order valence-electron chi connectivity index (χ0n) is 10.3. The maximum atomic E-state index is 12.6. The lowest BCUT2D eigenvalue weighted by Crippen LogP contribution is -2.11. The van der Waals surface area contributed by atoms with Crippen LogP contribution >= 0.6 is 7.80 Å². The Bertz CT molecular complexity index is 517. The molecule has 0 aliphatic heterocycles. The molecular weight excluding hydrogens is 247 g/mol. The standard InChI is InChI=1S/C14H14O3P/c1-16-11-7-3-5-9-13(11)18(15)14-10-6-4-8-12(14)17-2/h3-10H,1-2H3/q+1. The highest BCUT2D eigenvalue weighted by Gasteiger charge is 2.30. The summed E-state index contributed by atoms with van der Waals surface area (Å²) in [6.45, 7) is 0. The minimum absolute atomic E-state index is 0.629. The summed E-state index contributed by atoms with van der Waals surface area (Å²) in [5, 5.41) is 1.36. The van der Waals surface area contributed by atoms with Gasteiger partial charge in [0.2, 0.25) is 10.6 Å². The molecule has 92 valence electrons. The van der Waals surface area contributed by atoms with E-state index in [0.717, 1.165) is 0 Å². The van der Waals surface area contributed by atoms with Gasteiger partial charge in [0, 0.05) is 0 Å². The van der Waals surface area contributed by atoms with E-state index >= 15 is 0 Å². The topological polar surface area (TPSA) is 35.5 Å². The number of hydrogen-bond acceptors (Lipinski definition) is 3. The van der Waals surface area contributed by atoms with E-state index in [9.17, 15) is 4.57 Å². The van der Waals surface area contributed by atoms with E-state index in [1.807, 2.05) is 36.4 Å². The fourth-order valence-corrected chi connectivity index (χ4v) is 3.16. The summed E-state index contributed by atoms with van der Waals surface area (Å²) < 4.78 is 23.1. The summed E-state index contributed by atoms with van der Waals surface area (Å²) in [7, 11) is 1.42. The third-order valence-corrected chi connectivity index (χ3v) is 4.22. The van der Waals surface area contributed by atoms with E-state index in [1.54, 1.807) is 26.4 Å². The number of hydrogen-bond donors (Lipinski definition) is 0. The van der Waals surface area contributed by atoms with Gasteiger partial charge in [0.25, 0.3) is 0 Å². The Morgan fingerprint density at radius 2 is 1.17 bits per heavy atom. The molecule has 0 unspecified atom stereocenters. The van der Waals surface area contributed by atoms with Gasteiger partial charge >= 0.3 is 7.80 Å². The van der Waals surface area contributed by atoms with Crippen molar-refractivity contribution in [2.24, 2.45) is 0 Å². The van der Waals surface area contributed by atoms with Crippen molar-refractivity contribution in [3.63, 3.8) is 0 Å². The normalized spacial score (nSPS) is 9.89. The second-order valence-corrected chi connectivity index (χ2v) is 5.19. The van der Waals surface area contributed by atoms with Gasteiger partial charge in [0.05, 0.1) is 14.2 Å². The molecule has 0 atom stereocenters. The van der Waals surface area contributed by atoms with Gasteiger partial charge in [-0.15, -0.1) is 0 Å². The van der Waals surface area contributed by atoms with Gasteiger partial charge in [-0.05, 0) is 24.3 Å². The van der Waals surface area contributed by atoms with Gasteiger partial charge in [-0.3, -0.25) is 0 Å². The summed E-state index contributed by atoms with van der Waals surface area (Å²) in [4.78, 5) is 0. The summed E-state index contributed by atoms with van der Waals surface area (Å²) in [6.07, 6.45) is 0. The zero-order valence-corrected chi connectivity index (χ0v) is 11.2.